The summed E-state index contributed by atoms with van der Waals surface area (Å²) in [6, 6.07) is 3.47. The van der Waals surface area contributed by atoms with Crippen molar-refractivity contribution in [2.24, 2.45) is 0 Å². The molecular formula is C11H11F4NO2. The molecule has 0 saturated heterocycles. The van der Waals surface area contributed by atoms with Gasteiger partial charge in [-0.3, -0.25) is 0 Å². The first-order valence-electron chi connectivity index (χ1n) is 5.02. The van der Waals surface area contributed by atoms with Crippen LogP contribution < -0.4 is 4.90 Å². The molecule has 0 bridgehead atoms. The van der Waals surface area contributed by atoms with Gasteiger partial charge in [0.15, 0.2) is 0 Å². The second-order valence-corrected chi connectivity index (χ2v) is 3.73. The Morgan fingerprint density at radius 1 is 1.39 bits per heavy atom. The van der Waals surface area contributed by atoms with E-state index >= 15 is 0 Å². The van der Waals surface area contributed by atoms with E-state index in [1.807, 2.05) is 0 Å². The molecule has 0 aliphatic heterocycles. The predicted molar refractivity (Wildman–Crippen MR) is 57.3 cm³/mol. The van der Waals surface area contributed by atoms with Crippen LogP contribution in [0.1, 0.15) is 16.8 Å². The zero-order valence-corrected chi connectivity index (χ0v) is 9.46. The van der Waals surface area contributed by atoms with Gasteiger partial charge in [0.1, 0.15) is 11.4 Å². The molecule has 0 saturated carbocycles. The summed E-state index contributed by atoms with van der Waals surface area (Å²) in [6.07, 6.45) is -5.44. The van der Waals surface area contributed by atoms with E-state index in [-0.39, 0.29) is 5.69 Å². The molecule has 0 aliphatic carbocycles. The monoisotopic (exact) mass is 265 g/mol. The number of carboxylic acid groups (broad SMARTS) is 1. The molecule has 7 heteroatoms. The highest BCUT2D eigenvalue weighted by Crippen LogP contribution is 2.25. The second-order valence-electron chi connectivity index (χ2n) is 3.73. The van der Waals surface area contributed by atoms with Crippen molar-refractivity contribution in [3.8, 4) is 0 Å². The highest BCUT2D eigenvalue weighted by Gasteiger charge is 2.28. The average molecular weight is 265 g/mol. The Labute approximate surface area is 101 Å². The molecule has 0 aromatic heterocycles. The first-order valence-corrected chi connectivity index (χ1v) is 5.02. The van der Waals surface area contributed by atoms with Crippen molar-refractivity contribution >= 4 is 11.7 Å². The summed E-state index contributed by atoms with van der Waals surface area (Å²) in [7, 11) is 1.28. The van der Waals surface area contributed by atoms with E-state index in [9.17, 15) is 22.4 Å². The van der Waals surface area contributed by atoms with Gasteiger partial charge in [0.25, 0.3) is 0 Å². The number of anilines is 1. The van der Waals surface area contributed by atoms with E-state index in [0.29, 0.717) is 0 Å². The van der Waals surface area contributed by atoms with Gasteiger partial charge in [-0.15, -0.1) is 0 Å². The third kappa shape index (κ3) is 3.61. The molecule has 18 heavy (non-hydrogen) atoms. The Balaban J connectivity index is 2.95. The molecule has 1 rings (SSSR count). The number of alkyl halides is 3. The fraction of sp³-hybridized carbons (Fsp3) is 0.364. The smallest absolute Gasteiger partial charge is 0.390 e. The minimum absolute atomic E-state index is 0.0771. The third-order valence-electron chi connectivity index (χ3n) is 2.35. The lowest BCUT2D eigenvalue weighted by Gasteiger charge is -2.22. The standard InChI is InChI=1S/C11H11F4NO2/c1-16(6-5-11(13,14)15)8-4-2-3-7(12)9(8)10(17)18/h2-4H,5-6H2,1H3,(H,17,18). The fourth-order valence-corrected chi connectivity index (χ4v) is 1.46. The quantitative estimate of drug-likeness (QED) is 0.851. The summed E-state index contributed by atoms with van der Waals surface area (Å²) in [5.74, 6) is -2.49. The Hall–Kier alpha value is -1.79. The van der Waals surface area contributed by atoms with Crippen LogP contribution in [-0.2, 0) is 0 Å². The summed E-state index contributed by atoms with van der Waals surface area (Å²) in [5.41, 5.74) is -0.700. The van der Waals surface area contributed by atoms with E-state index < -0.39 is 36.5 Å². The van der Waals surface area contributed by atoms with Crippen molar-refractivity contribution in [1.29, 1.82) is 0 Å². The lowest BCUT2D eigenvalue weighted by atomic mass is 10.1. The second kappa shape index (κ2) is 5.24. The number of halogens is 4. The molecule has 3 nitrogen and oxygen atoms in total. The Bertz CT molecular complexity index is 445. The molecule has 0 heterocycles. The van der Waals surface area contributed by atoms with E-state index in [4.69, 9.17) is 5.11 Å². The molecule has 0 amide bonds. The zero-order valence-electron chi connectivity index (χ0n) is 9.46. The summed E-state index contributed by atoms with van der Waals surface area (Å²) in [4.78, 5) is 11.9. The first-order chi connectivity index (χ1) is 8.22. The minimum Gasteiger partial charge on any atom is -0.478 e. The van der Waals surface area contributed by atoms with Crippen molar-refractivity contribution in [1.82, 2.24) is 0 Å². The van der Waals surface area contributed by atoms with Crippen LogP contribution in [0.2, 0.25) is 0 Å². The van der Waals surface area contributed by atoms with E-state index in [1.54, 1.807) is 0 Å². The molecule has 100 valence electrons. The van der Waals surface area contributed by atoms with Crippen molar-refractivity contribution in [2.75, 3.05) is 18.5 Å². The molecule has 0 spiro atoms. The summed E-state index contributed by atoms with van der Waals surface area (Å²) in [6.45, 7) is -0.437. The van der Waals surface area contributed by atoms with Crippen LogP contribution in [0.15, 0.2) is 18.2 Å². The summed E-state index contributed by atoms with van der Waals surface area (Å²) < 4.78 is 49.5. The van der Waals surface area contributed by atoms with Crippen LogP contribution in [-0.4, -0.2) is 30.8 Å². The first kappa shape index (κ1) is 14.3. The molecule has 0 atom stereocenters. The highest BCUT2D eigenvalue weighted by molar-refractivity contribution is 5.94. The summed E-state index contributed by atoms with van der Waals surface area (Å²) >= 11 is 0. The number of nitrogens with zero attached hydrogens (tertiary/aromatic N) is 1. The molecular weight excluding hydrogens is 254 g/mol. The van der Waals surface area contributed by atoms with Crippen LogP contribution in [0, 0.1) is 5.82 Å². The molecule has 0 unspecified atom stereocenters. The Morgan fingerprint density at radius 2 is 2.00 bits per heavy atom. The van der Waals surface area contributed by atoms with Gasteiger partial charge < -0.3 is 10.0 Å². The van der Waals surface area contributed by atoms with Gasteiger partial charge in [-0.05, 0) is 12.1 Å². The third-order valence-corrected chi connectivity index (χ3v) is 2.35. The van der Waals surface area contributed by atoms with Crippen LogP contribution in [0.3, 0.4) is 0 Å². The number of hydrogen-bond acceptors (Lipinski definition) is 2. The number of hydrogen-bond donors (Lipinski definition) is 1. The van der Waals surface area contributed by atoms with E-state index in [1.165, 1.54) is 19.2 Å². The molecule has 0 fully saturated rings. The van der Waals surface area contributed by atoms with Crippen LogP contribution in [0.5, 0.6) is 0 Å². The maximum absolute atomic E-state index is 13.3. The number of rotatable bonds is 4. The molecule has 1 aromatic rings. The van der Waals surface area contributed by atoms with Crippen LogP contribution in [0.4, 0.5) is 23.2 Å². The van der Waals surface area contributed by atoms with Crippen molar-refractivity contribution in [2.45, 2.75) is 12.6 Å². The van der Waals surface area contributed by atoms with Crippen LogP contribution >= 0.6 is 0 Å². The average Bonchev–Trinajstić information content (AvgIpc) is 2.24. The SMILES string of the molecule is CN(CCC(F)(F)F)c1cccc(F)c1C(=O)O. The molecule has 1 aromatic carbocycles. The number of aromatic carboxylic acids is 1. The largest absolute Gasteiger partial charge is 0.478 e. The Kier molecular flexibility index (Phi) is 4.15. The van der Waals surface area contributed by atoms with Gasteiger partial charge in [0.2, 0.25) is 0 Å². The molecule has 1 N–H and O–H groups in total. The number of benzene rings is 1. The van der Waals surface area contributed by atoms with E-state index in [2.05, 4.69) is 0 Å². The molecule has 0 radical (unpaired) electrons. The molecule has 0 aliphatic rings. The highest BCUT2D eigenvalue weighted by atomic mass is 19.4. The van der Waals surface area contributed by atoms with Gasteiger partial charge >= 0.3 is 12.1 Å². The van der Waals surface area contributed by atoms with Crippen LogP contribution in [0.25, 0.3) is 0 Å². The maximum Gasteiger partial charge on any atom is 0.390 e. The van der Waals surface area contributed by atoms with E-state index in [0.717, 1.165) is 11.0 Å². The number of carboxylic acids is 1. The zero-order chi connectivity index (χ0) is 13.9. The normalized spacial score (nSPS) is 11.4. The van der Waals surface area contributed by atoms with Crippen molar-refractivity contribution in [3.63, 3.8) is 0 Å². The van der Waals surface area contributed by atoms with Gasteiger partial charge in [-0.2, -0.15) is 13.2 Å². The fourth-order valence-electron chi connectivity index (χ4n) is 1.46. The Morgan fingerprint density at radius 3 is 2.50 bits per heavy atom. The predicted octanol–water partition coefficient (Wildman–Crippen LogP) is 2.91. The van der Waals surface area contributed by atoms with Crippen molar-refractivity contribution < 1.29 is 27.5 Å². The van der Waals surface area contributed by atoms with Gasteiger partial charge in [0, 0.05) is 13.6 Å². The van der Waals surface area contributed by atoms with Gasteiger partial charge in [0.05, 0.1) is 12.1 Å². The lowest BCUT2D eigenvalue weighted by molar-refractivity contribution is -0.132. The topological polar surface area (TPSA) is 40.5 Å². The van der Waals surface area contributed by atoms with Crippen molar-refractivity contribution in [3.05, 3.63) is 29.6 Å². The lowest BCUT2D eigenvalue weighted by Crippen LogP contribution is -2.26. The summed E-state index contributed by atoms with van der Waals surface area (Å²) in [5, 5.41) is 8.83. The van der Waals surface area contributed by atoms with Gasteiger partial charge in [-0.25, -0.2) is 9.18 Å². The minimum atomic E-state index is -4.34. The maximum atomic E-state index is 13.3. The number of carbonyl (C=O) groups is 1. The van der Waals surface area contributed by atoms with Gasteiger partial charge in [-0.1, -0.05) is 6.07 Å².